The number of piperazine rings is 1. The first-order chi connectivity index (χ1) is 16.1. The predicted molar refractivity (Wildman–Crippen MR) is 133 cm³/mol. The summed E-state index contributed by atoms with van der Waals surface area (Å²) in [5.41, 5.74) is 8.95. The van der Waals surface area contributed by atoms with Gasteiger partial charge in [0.2, 0.25) is 0 Å². The van der Waals surface area contributed by atoms with Crippen LogP contribution in [0.5, 0.6) is 0 Å². The molecule has 1 fully saturated rings. The van der Waals surface area contributed by atoms with Crippen LogP contribution in [0.25, 0.3) is 17.2 Å². The van der Waals surface area contributed by atoms with Crippen molar-refractivity contribution in [2.24, 2.45) is 0 Å². The van der Waals surface area contributed by atoms with Crippen molar-refractivity contribution in [1.29, 1.82) is 0 Å². The van der Waals surface area contributed by atoms with Crippen LogP contribution in [0.3, 0.4) is 0 Å². The Morgan fingerprint density at radius 2 is 1.55 bits per heavy atom. The van der Waals surface area contributed by atoms with Crippen LogP contribution in [0.1, 0.15) is 34.4 Å². The van der Waals surface area contributed by atoms with Crippen LogP contribution in [0.2, 0.25) is 0 Å². The highest BCUT2D eigenvalue weighted by molar-refractivity contribution is 5.63. The van der Waals surface area contributed by atoms with Gasteiger partial charge in [-0.1, -0.05) is 42.0 Å². The minimum absolute atomic E-state index is 0.721. The summed E-state index contributed by atoms with van der Waals surface area (Å²) in [6, 6.07) is 15.0. The van der Waals surface area contributed by atoms with Gasteiger partial charge in [0.25, 0.3) is 5.78 Å². The molecule has 4 aromatic rings. The average molecular weight is 439 g/mol. The third kappa shape index (κ3) is 3.45. The van der Waals surface area contributed by atoms with Gasteiger partial charge in [0.05, 0.1) is 5.69 Å². The number of hydrogen-bond donors (Lipinski definition) is 0. The van der Waals surface area contributed by atoms with Crippen molar-refractivity contribution < 1.29 is 0 Å². The largest absolute Gasteiger partial charge is 0.368 e. The van der Waals surface area contributed by atoms with Crippen molar-refractivity contribution in [2.45, 2.75) is 40.0 Å². The second-order valence-corrected chi connectivity index (χ2v) is 9.42. The molecule has 168 valence electrons. The van der Waals surface area contributed by atoms with Crippen molar-refractivity contribution in [3.8, 4) is 11.4 Å². The van der Waals surface area contributed by atoms with Gasteiger partial charge in [-0.3, -0.25) is 0 Å². The lowest BCUT2D eigenvalue weighted by atomic mass is 10.1. The van der Waals surface area contributed by atoms with E-state index >= 15 is 0 Å². The summed E-state index contributed by atoms with van der Waals surface area (Å²) >= 11 is 0. The first kappa shape index (κ1) is 20.2. The van der Waals surface area contributed by atoms with Gasteiger partial charge in [0.1, 0.15) is 5.82 Å². The number of benzene rings is 2. The molecule has 2 aromatic heterocycles. The molecule has 0 amide bonds. The smallest absolute Gasteiger partial charge is 0.254 e. The van der Waals surface area contributed by atoms with Crippen molar-refractivity contribution in [3.05, 3.63) is 70.4 Å². The lowest BCUT2D eigenvalue weighted by Gasteiger charge is -2.38. The van der Waals surface area contributed by atoms with Crippen LogP contribution in [0.15, 0.2) is 42.5 Å². The Labute approximate surface area is 194 Å². The number of anilines is 2. The van der Waals surface area contributed by atoms with E-state index in [2.05, 4.69) is 73.0 Å². The molecule has 0 bridgehead atoms. The van der Waals surface area contributed by atoms with E-state index in [1.54, 1.807) is 0 Å². The molecule has 1 aliphatic carbocycles. The van der Waals surface area contributed by atoms with E-state index in [0.717, 1.165) is 62.6 Å². The Balaban J connectivity index is 1.36. The van der Waals surface area contributed by atoms with E-state index in [1.165, 1.54) is 39.5 Å². The van der Waals surface area contributed by atoms with Gasteiger partial charge in [-0.15, -0.1) is 5.10 Å². The van der Waals surface area contributed by atoms with Gasteiger partial charge in [-0.25, -0.2) is 4.98 Å². The number of nitrogens with zero attached hydrogens (tertiary/aromatic N) is 6. The summed E-state index contributed by atoms with van der Waals surface area (Å²) in [6.07, 6.45) is 3.27. The van der Waals surface area contributed by atoms with E-state index in [4.69, 9.17) is 15.1 Å². The Bertz CT molecular complexity index is 1330. The van der Waals surface area contributed by atoms with Crippen LogP contribution in [-0.2, 0) is 12.8 Å². The fraction of sp³-hybridized carbons (Fsp3) is 0.370. The van der Waals surface area contributed by atoms with E-state index < -0.39 is 0 Å². The molecule has 1 aliphatic heterocycles. The maximum Gasteiger partial charge on any atom is 0.254 e. The molecule has 0 atom stereocenters. The fourth-order valence-corrected chi connectivity index (χ4v) is 5.25. The first-order valence-electron chi connectivity index (χ1n) is 12.0. The number of rotatable bonds is 3. The zero-order valence-corrected chi connectivity index (χ0v) is 19.7. The van der Waals surface area contributed by atoms with Gasteiger partial charge in [0.15, 0.2) is 5.82 Å². The van der Waals surface area contributed by atoms with E-state index in [9.17, 15) is 0 Å². The standard InChI is InChI=1S/C27H30N6/c1-18-10-12-21(13-11-18)25-29-27-28-23-8-5-7-22(23)26(33(27)30-25)32-16-14-31(15-17-32)24-9-4-6-19(2)20(24)3/h4,6,9-13H,5,7-8,14-17H2,1-3H3. The lowest BCUT2D eigenvalue weighted by Crippen LogP contribution is -2.47. The van der Waals surface area contributed by atoms with Crippen LogP contribution < -0.4 is 9.80 Å². The second-order valence-electron chi connectivity index (χ2n) is 9.42. The quantitative estimate of drug-likeness (QED) is 0.470. The molecule has 6 nitrogen and oxygen atoms in total. The fourth-order valence-electron chi connectivity index (χ4n) is 5.25. The summed E-state index contributed by atoms with van der Waals surface area (Å²) in [4.78, 5) is 14.8. The Hall–Kier alpha value is -3.41. The Morgan fingerprint density at radius 1 is 0.788 bits per heavy atom. The maximum absolute atomic E-state index is 4.96. The number of aryl methyl sites for hydroxylation is 3. The highest BCUT2D eigenvalue weighted by Gasteiger charge is 2.28. The minimum atomic E-state index is 0.721. The summed E-state index contributed by atoms with van der Waals surface area (Å²) in [6.45, 7) is 10.5. The third-order valence-electron chi connectivity index (χ3n) is 7.29. The molecule has 1 saturated heterocycles. The molecule has 3 heterocycles. The molecular formula is C27H30N6. The zero-order valence-electron chi connectivity index (χ0n) is 19.7. The van der Waals surface area contributed by atoms with Gasteiger partial charge in [-0.2, -0.15) is 9.50 Å². The van der Waals surface area contributed by atoms with Gasteiger partial charge in [0, 0.05) is 43.0 Å². The topological polar surface area (TPSA) is 49.6 Å². The molecule has 0 N–H and O–H groups in total. The first-order valence-corrected chi connectivity index (χ1v) is 12.0. The van der Waals surface area contributed by atoms with E-state index in [1.807, 2.05) is 4.52 Å². The van der Waals surface area contributed by atoms with Crippen molar-refractivity contribution in [2.75, 3.05) is 36.0 Å². The highest BCUT2D eigenvalue weighted by Crippen LogP contribution is 2.33. The molecule has 0 radical (unpaired) electrons. The monoisotopic (exact) mass is 438 g/mol. The average Bonchev–Trinajstić information content (AvgIpc) is 3.47. The number of aromatic nitrogens is 4. The van der Waals surface area contributed by atoms with Crippen molar-refractivity contribution in [3.63, 3.8) is 0 Å². The third-order valence-corrected chi connectivity index (χ3v) is 7.29. The lowest BCUT2D eigenvalue weighted by molar-refractivity contribution is 0.634. The second kappa shape index (κ2) is 7.87. The zero-order chi connectivity index (χ0) is 22.5. The van der Waals surface area contributed by atoms with Crippen molar-refractivity contribution in [1.82, 2.24) is 19.6 Å². The van der Waals surface area contributed by atoms with E-state index in [-0.39, 0.29) is 0 Å². The summed E-state index contributed by atoms with van der Waals surface area (Å²) in [5, 5.41) is 4.96. The minimum Gasteiger partial charge on any atom is -0.368 e. The van der Waals surface area contributed by atoms with Crippen LogP contribution in [-0.4, -0.2) is 45.8 Å². The molecule has 6 heteroatoms. The molecule has 6 rings (SSSR count). The molecule has 33 heavy (non-hydrogen) atoms. The Kier molecular flexibility index (Phi) is 4.82. The molecule has 0 saturated carbocycles. The number of fused-ring (bicyclic) bond motifs is 2. The Morgan fingerprint density at radius 3 is 2.33 bits per heavy atom. The van der Waals surface area contributed by atoms with Crippen LogP contribution in [0.4, 0.5) is 11.5 Å². The van der Waals surface area contributed by atoms with Gasteiger partial charge in [-0.05, 0) is 57.2 Å². The molecule has 0 spiro atoms. The molecular weight excluding hydrogens is 408 g/mol. The molecule has 2 aromatic carbocycles. The molecule has 0 unspecified atom stereocenters. The van der Waals surface area contributed by atoms with Gasteiger partial charge < -0.3 is 9.80 Å². The highest BCUT2D eigenvalue weighted by atomic mass is 15.4. The normalized spacial score (nSPS) is 16.0. The van der Waals surface area contributed by atoms with E-state index in [0.29, 0.717) is 0 Å². The SMILES string of the molecule is Cc1ccc(-c2nc3nc4c(c(N5CCN(c6cccc(C)c6C)CC5)n3n2)CCC4)cc1. The van der Waals surface area contributed by atoms with Crippen molar-refractivity contribution >= 4 is 17.3 Å². The summed E-state index contributed by atoms with van der Waals surface area (Å²) < 4.78 is 2.01. The summed E-state index contributed by atoms with van der Waals surface area (Å²) in [5.74, 6) is 2.68. The van der Waals surface area contributed by atoms with Gasteiger partial charge >= 0.3 is 0 Å². The number of hydrogen-bond acceptors (Lipinski definition) is 5. The molecule has 2 aliphatic rings. The van der Waals surface area contributed by atoms with Crippen LogP contribution in [0, 0.1) is 20.8 Å². The maximum atomic E-state index is 4.96. The summed E-state index contributed by atoms with van der Waals surface area (Å²) in [7, 11) is 0. The predicted octanol–water partition coefficient (Wildman–Crippen LogP) is 4.53. The van der Waals surface area contributed by atoms with Crippen LogP contribution >= 0.6 is 0 Å².